The summed E-state index contributed by atoms with van der Waals surface area (Å²) in [4.78, 5) is 2.04. The molecule has 2 aromatic carbocycles. The van der Waals surface area contributed by atoms with Gasteiger partial charge in [-0.2, -0.15) is 0 Å². The van der Waals surface area contributed by atoms with Gasteiger partial charge in [-0.25, -0.2) is 0 Å². The maximum Gasteiger partial charge on any atom is 0.0682 e. The van der Waals surface area contributed by atoms with Gasteiger partial charge in [-0.1, -0.05) is 36.7 Å². The van der Waals surface area contributed by atoms with Gasteiger partial charge in [-0.05, 0) is 41.8 Å². The van der Waals surface area contributed by atoms with Crippen LogP contribution in [0.15, 0.2) is 42.5 Å². The molecule has 19 heavy (non-hydrogen) atoms. The van der Waals surface area contributed by atoms with Crippen LogP contribution in [0, 0.1) is 0 Å². The lowest BCUT2D eigenvalue weighted by molar-refractivity contribution is 0.282. The summed E-state index contributed by atoms with van der Waals surface area (Å²) in [5.74, 6) is 0. The molecule has 0 spiro atoms. The van der Waals surface area contributed by atoms with Crippen molar-refractivity contribution in [1.82, 2.24) is 0 Å². The van der Waals surface area contributed by atoms with Crippen LogP contribution in [0.25, 0.3) is 0 Å². The highest BCUT2D eigenvalue weighted by Crippen LogP contribution is 2.31. The molecule has 0 aliphatic carbocycles. The van der Waals surface area contributed by atoms with Crippen LogP contribution in [0.3, 0.4) is 0 Å². The molecule has 0 unspecified atom stereocenters. The van der Waals surface area contributed by atoms with Crippen LogP contribution in [0.5, 0.6) is 0 Å². The molecule has 100 valence electrons. The predicted octanol–water partition coefficient (Wildman–Crippen LogP) is 4.16. The molecule has 2 aromatic rings. The van der Waals surface area contributed by atoms with Crippen LogP contribution in [0.2, 0.25) is 5.02 Å². The van der Waals surface area contributed by atoms with E-state index in [-0.39, 0.29) is 6.61 Å². The maximum atomic E-state index is 9.09. The van der Waals surface area contributed by atoms with Gasteiger partial charge in [0.1, 0.15) is 0 Å². The van der Waals surface area contributed by atoms with Crippen molar-refractivity contribution in [3.05, 3.63) is 58.6 Å². The summed E-state index contributed by atoms with van der Waals surface area (Å²) < 4.78 is 0. The van der Waals surface area contributed by atoms with E-state index in [1.165, 1.54) is 5.56 Å². The Labute approximate surface area is 119 Å². The fourth-order valence-electron chi connectivity index (χ4n) is 2.02. The van der Waals surface area contributed by atoms with E-state index in [0.29, 0.717) is 5.02 Å². The molecule has 0 atom stereocenters. The lowest BCUT2D eigenvalue weighted by Gasteiger charge is -2.21. The quantitative estimate of drug-likeness (QED) is 0.906. The number of anilines is 2. The van der Waals surface area contributed by atoms with Crippen LogP contribution in [0.1, 0.15) is 18.1 Å². The minimum Gasteiger partial charge on any atom is -0.392 e. The molecule has 0 bridgehead atoms. The summed E-state index contributed by atoms with van der Waals surface area (Å²) in [5.41, 5.74) is 4.17. The first kappa shape index (κ1) is 13.9. The summed E-state index contributed by atoms with van der Waals surface area (Å²) in [7, 11) is 1.99. The Morgan fingerprint density at radius 2 is 1.68 bits per heavy atom. The van der Waals surface area contributed by atoms with Gasteiger partial charge >= 0.3 is 0 Å². The van der Waals surface area contributed by atoms with Gasteiger partial charge < -0.3 is 10.0 Å². The minimum absolute atomic E-state index is 0.00884. The van der Waals surface area contributed by atoms with Crippen LogP contribution in [-0.4, -0.2) is 12.2 Å². The largest absolute Gasteiger partial charge is 0.392 e. The summed E-state index contributed by atoms with van der Waals surface area (Å²) in [6.07, 6.45) is 1.04. The summed E-state index contributed by atoms with van der Waals surface area (Å²) in [6.45, 7) is 2.15. The van der Waals surface area contributed by atoms with Gasteiger partial charge in [-0.3, -0.25) is 0 Å². The van der Waals surface area contributed by atoms with Crippen LogP contribution < -0.4 is 4.90 Å². The van der Waals surface area contributed by atoms with Crippen molar-refractivity contribution in [1.29, 1.82) is 0 Å². The van der Waals surface area contributed by atoms with E-state index < -0.39 is 0 Å². The lowest BCUT2D eigenvalue weighted by Crippen LogP contribution is -2.10. The Morgan fingerprint density at radius 3 is 2.21 bits per heavy atom. The Balaban J connectivity index is 2.29. The highest BCUT2D eigenvalue weighted by molar-refractivity contribution is 6.33. The molecule has 1 N–H and O–H groups in total. The van der Waals surface area contributed by atoms with Crippen molar-refractivity contribution in [2.45, 2.75) is 20.0 Å². The van der Waals surface area contributed by atoms with Crippen molar-refractivity contribution in [3.63, 3.8) is 0 Å². The first-order valence-corrected chi connectivity index (χ1v) is 6.75. The van der Waals surface area contributed by atoms with Gasteiger partial charge in [-0.15, -0.1) is 0 Å². The zero-order valence-electron chi connectivity index (χ0n) is 11.2. The van der Waals surface area contributed by atoms with Gasteiger partial charge in [0.15, 0.2) is 0 Å². The van der Waals surface area contributed by atoms with Crippen molar-refractivity contribution < 1.29 is 5.11 Å². The second-order valence-electron chi connectivity index (χ2n) is 4.52. The van der Waals surface area contributed by atoms with E-state index in [0.717, 1.165) is 23.4 Å². The zero-order chi connectivity index (χ0) is 13.8. The van der Waals surface area contributed by atoms with Gasteiger partial charge in [0.25, 0.3) is 0 Å². The minimum atomic E-state index is 0.00884. The number of hydrogen-bond acceptors (Lipinski definition) is 2. The average Bonchev–Trinajstić information content (AvgIpc) is 2.46. The number of aryl methyl sites for hydroxylation is 1. The standard InChI is InChI=1S/C16H18ClNO/c1-3-12-4-7-14(8-5-12)18(2)16-9-6-13(11-19)10-15(16)17/h4-10,19H,3,11H2,1-2H3. The van der Waals surface area contributed by atoms with Crippen molar-refractivity contribution in [2.75, 3.05) is 11.9 Å². The van der Waals surface area contributed by atoms with Crippen LogP contribution in [0.4, 0.5) is 11.4 Å². The summed E-state index contributed by atoms with van der Waals surface area (Å²) in [6, 6.07) is 14.1. The third-order valence-corrected chi connectivity index (χ3v) is 3.59. The van der Waals surface area contributed by atoms with E-state index in [2.05, 4.69) is 31.2 Å². The smallest absolute Gasteiger partial charge is 0.0682 e. The van der Waals surface area contributed by atoms with E-state index >= 15 is 0 Å². The maximum absolute atomic E-state index is 9.09. The topological polar surface area (TPSA) is 23.5 Å². The molecule has 0 aromatic heterocycles. The molecular weight excluding hydrogens is 258 g/mol. The highest BCUT2D eigenvalue weighted by atomic mass is 35.5. The Bertz CT molecular complexity index is 551. The molecule has 3 heteroatoms. The number of rotatable bonds is 4. The average molecular weight is 276 g/mol. The molecule has 2 nitrogen and oxygen atoms in total. The van der Waals surface area contributed by atoms with Gasteiger partial charge in [0, 0.05) is 12.7 Å². The number of nitrogens with zero attached hydrogens (tertiary/aromatic N) is 1. The van der Waals surface area contributed by atoms with Crippen molar-refractivity contribution in [3.8, 4) is 0 Å². The van der Waals surface area contributed by atoms with Crippen LogP contribution in [-0.2, 0) is 13.0 Å². The Kier molecular flexibility index (Phi) is 4.46. The normalized spacial score (nSPS) is 10.5. The predicted molar refractivity (Wildman–Crippen MR) is 81.3 cm³/mol. The number of benzene rings is 2. The van der Waals surface area contributed by atoms with E-state index in [9.17, 15) is 0 Å². The number of halogens is 1. The molecule has 0 heterocycles. The summed E-state index contributed by atoms with van der Waals surface area (Å²) in [5, 5.41) is 9.74. The molecule has 0 amide bonds. The second-order valence-corrected chi connectivity index (χ2v) is 4.93. The molecule has 0 aliphatic heterocycles. The lowest BCUT2D eigenvalue weighted by atomic mass is 10.1. The van der Waals surface area contributed by atoms with Gasteiger partial charge in [0.2, 0.25) is 0 Å². The van der Waals surface area contributed by atoms with Gasteiger partial charge in [0.05, 0.1) is 17.3 Å². The molecular formula is C16H18ClNO. The highest BCUT2D eigenvalue weighted by Gasteiger charge is 2.08. The second kappa shape index (κ2) is 6.09. The fourth-order valence-corrected chi connectivity index (χ4v) is 2.35. The number of hydrogen-bond donors (Lipinski definition) is 1. The third-order valence-electron chi connectivity index (χ3n) is 3.29. The van der Waals surface area contributed by atoms with E-state index in [1.54, 1.807) is 6.07 Å². The molecule has 2 rings (SSSR count). The molecule has 0 saturated carbocycles. The fraction of sp³-hybridized carbons (Fsp3) is 0.250. The molecule has 0 radical (unpaired) electrons. The van der Waals surface area contributed by atoms with Crippen molar-refractivity contribution >= 4 is 23.0 Å². The van der Waals surface area contributed by atoms with E-state index in [1.807, 2.05) is 24.1 Å². The number of aliphatic hydroxyl groups excluding tert-OH is 1. The third kappa shape index (κ3) is 3.09. The summed E-state index contributed by atoms with van der Waals surface area (Å²) >= 11 is 6.26. The SMILES string of the molecule is CCc1ccc(N(C)c2ccc(CO)cc2Cl)cc1. The molecule has 0 fully saturated rings. The molecule has 0 saturated heterocycles. The zero-order valence-corrected chi connectivity index (χ0v) is 12.0. The van der Waals surface area contributed by atoms with E-state index in [4.69, 9.17) is 16.7 Å². The van der Waals surface area contributed by atoms with Crippen molar-refractivity contribution in [2.24, 2.45) is 0 Å². The molecule has 0 aliphatic rings. The Hall–Kier alpha value is -1.51. The first-order chi connectivity index (χ1) is 9.15. The number of aliphatic hydroxyl groups is 1. The van der Waals surface area contributed by atoms with Crippen LogP contribution >= 0.6 is 11.6 Å². The monoisotopic (exact) mass is 275 g/mol. The first-order valence-electron chi connectivity index (χ1n) is 6.37. The Morgan fingerprint density at radius 1 is 1.05 bits per heavy atom.